The number of carbonyl (C=O) groups excluding carboxylic acids is 1. The number of β-amino-alcohol motifs (C(OH)–C–C–N with tert-alkyl or cyclic N) is 1. The molecule has 1 aliphatic rings. The van der Waals surface area contributed by atoms with Crippen LogP contribution in [-0.4, -0.2) is 73.6 Å². The lowest BCUT2D eigenvalue weighted by molar-refractivity contribution is -0.134. The third-order valence-electron chi connectivity index (χ3n) is 7.10. The van der Waals surface area contributed by atoms with Crippen LogP contribution in [0.4, 0.5) is 5.69 Å². The first kappa shape index (κ1) is 27.6. The van der Waals surface area contributed by atoms with Crippen LogP contribution in [-0.2, 0) is 14.8 Å². The van der Waals surface area contributed by atoms with Crippen LogP contribution in [0.5, 0.6) is 5.75 Å². The highest BCUT2D eigenvalue weighted by atomic mass is 32.2. The molecule has 0 radical (unpaired) electrons. The minimum atomic E-state index is -3.82. The predicted molar refractivity (Wildman–Crippen MR) is 154 cm³/mol. The summed E-state index contributed by atoms with van der Waals surface area (Å²) in [4.78, 5) is 21.7. The molecule has 0 bridgehead atoms. The zero-order valence-corrected chi connectivity index (χ0v) is 23.0. The highest BCUT2D eigenvalue weighted by Crippen LogP contribution is 2.32. The van der Waals surface area contributed by atoms with E-state index < -0.39 is 10.0 Å². The Bertz CT molecular complexity index is 1570. The van der Waals surface area contributed by atoms with Gasteiger partial charge >= 0.3 is 0 Å². The number of pyridine rings is 1. The molecular formula is C30H32N4O5S. The molecule has 5 rings (SSSR count). The molecule has 208 valence electrons. The lowest BCUT2D eigenvalue weighted by atomic mass is 10.0. The van der Waals surface area contributed by atoms with Crippen molar-refractivity contribution in [1.82, 2.24) is 14.8 Å². The summed E-state index contributed by atoms with van der Waals surface area (Å²) in [6, 6.07) is 24.5. The first-order valence-corrected chi connectivity index (χ1v) is 14.6. The maximum Gasteiger partial charge on any atom is 0.261 e. The van der Waals surface area contributed by atoms with Crippen LogP contribution in [0.2, 0.25) is 0 Å². The molecule has 1 fully saturated rings. The number of likely N-dealkylation sites (N-methyl/N-ethyl adjacent to an activating group) is 1. The summed E-state index contributed by atoms with van der Waals surface area (Å²) in [5.74, 6) is 0.214. The van der Waals surface area contributed by atoms with E-state index in [1.165, 1.54) is 12.1 Å². The van der Waals surface area contributed by atoms with Gasteiger partial charge in [0.1, 0.15) is 5.75 Å². The molecule has 1 unspecified atom stereocenters. The normalized spacial score (nSPS) is 16.5. The molecule has 3 aromatic carbocycles. The molecule has 2 atom stereocenters. The Balaban J connectivity index is 1.33. The number of hydrogen-bond acceptors (Lipinski definition) is 7. The number of hydrogen-bond donors (Lipinski definition) is 2. The van der Waals surface area contributed by atoms with Crippen molar-refractivity contribution in [3.05, 3.63) is 96.7 Å². The minimum Gasteiger partial charge on any atom is -0.483 e. The quantitative estimate of drug-likeness (QED) is 0.304. The predicted octanol–water partition coefficient (Wildman–Crippen LogP) is 3.68. The number of aliphatic hydroxyl groups excluding tert-OH is 1. The number of nitrogens with one attached hydrogen (secondary N) is 1. The standard InChI is InChI=1S/C30H32N4O5S/c1-33(27(22-9-4-2-5-10-22)20-34-18-16-23(35)19-34)29(36)21-39-28-15-14-26(30-25(28)13-8-17-31-30)32-40(37,38)24-11-6-3-7-12-24/h2-15,17,23,27,32,35H,16,18-21H2,1H3/t23-,27?/m0/s1. The first-order chi connectivity index (χ1) is 19.3. The van der Waals surface area contributed by atoms with Gasteiger partial charge in [0.15, 0.2) is 6.61 Å². The van der Waals surface area contributed by atoms with E-state index >= 15 is 0 Å². The van der Waals surface area contributed by atoms with E-state index in [0.717, 1.165) is 18.5 Å². The van der Waals surface area contributed by atoms with E-state index in [-0.39, 0.29) is 29.6 Å². The fourth-order valence-corrected chi connectivity index (χ4v) is 6.01. The fourth-order valence-electron chi connectivity index (χ4n) is 4.92. The molecule has 2 heterocycles. The van der Waals surface area contributed by atoms with Crippen LogP contribution < -0.4 is 9.46 Å². The van der Waals surface area contributed by atoms with Crippen molar-refractivity contribution in [2.24, 2.45) is 0 Å². The van der Waals surface area contributed by atoms with E-state index in [0.29, 0.717) is 35.4 Å². The fraction of sp³-hybridized carbons (Fsp3) is 0.267. The Morgan fingerprint density at radius 1 is 1.07 bits per heavy atom. The van der Waals surface area contributed by atoms with E-state index in [9.17, 15) is 18.3 Å². The van der Waals surface area contributed by atoms with Crippen LogP contribution in [0, 0.1) is 0 Å². The summed E-state index contributed by atoms with van der Waals surface area (Å²) < 4.78 is 34.4. The second kappa shape index (κ2) is 12.0. The number of carbonyl (C=O) groups is 1. The van der Waals surface area contributed by atoms with Crippen molar-refractivity contribution in [2.45, 2.75) is 23.5 Å². The van der Waals surface area contributed by atoms with Crippen molar-refractivity contribution in [1.29, 1.82) is 0 Å². The van der Waals surface area contributed by atoms with Crippen molar-refractivity contribution in [3.8, 4) is 5.75 Å². The van der Waals surface area contributed by atoms with Crippen LogP contribution in [0.3, 0.4) is 0 Å². The van der Waals surface area contributed by atoms with Crippen LogP contribution in [0.25, 0.3) is 10.9 Å². The summed E-state index contributed by atoms with van der Waals surface area (Å²) >= 11 is 0. The van der Waals surface area contributed by atoms with E-state index in [2.05, 4.69) is 14.6 Å². The van der Waals surface area contributed by atoms with Crippen LogP contribution >= 0.6 is 0 Å². The number of sulfonamides is 1. The largest absolute Gasteiger partial charge is 0.483 e. The Morgan fingerprint density at radius 2 is 1.80 bits per heavy atom. The highest BCUT2D eigenvalue weighted by Gasteiger charge is 2.28. The molecule has 1 amide bonds. The molecule has 40 heavy (non-hydrogen) atoms. The lowest BCUT2D eigenvalue weighted by Gasteiger charge is -2.32. The third kappa shape index (κ3) is 6.25. The number of amides is 1. The van der Waals surface area contributed by atoms with Gasteiger partial charge in [0.2, 0.25) is 0 Å². The number of aliphatic hydroxyl groups is 1. The third-order valence-corrected chi connectivity index (χ3v) is 8.48. The Morgan fingerprint density at radius 3 is 2.50 bits per heavy atom. The van der Waals surface area contributed by atoms with Crippen molar-refractivity contribution >= 4 is 32.5 Å². The molecule has 1 saturated heterocycles. The molecule has 0 spiro atoms. The van der Waals surface area contributed by atoms with E-state index in [1.54, 1.807) is 60.6 Å². The summed E-state index contributed by atoms with van der Waals surface area (Å²) in [6.45, 7) is 1.76. The van der Waals surface area contributed by atoms with Crippen molar-refractivity contribution < 1.29 is 23.1 Å². The minimum absolute atomic E-state index is 0.143. The second-order valence-corrected chi connectivity index (χ2v) is 11.5. The molecule has 10 heteroatoms. The molecule has 4 aromatic rings. The van der Waals surface area contributed by atoms with Crippen molar-refractivity contribution in [2.75, 3.05) is 38.0 Å². The second-order valence-electron chi connectivity index (χ2n) is 9.85. The van der Waals surface area contributed by atoms with Gasteiger partial charge in [0.25, 0.3) is 15.9 Å². The summed E-state index contributed by atoms with van der Waals surface area (Å²) in [6.07, 6.45) is 1.95. The molecule has 1 aliphatic heterocycles. The first-order valence-electron chi connectivity index (χ1n) is 13.1. The number of anilines is 1. The van der Waals surface area contributed by atoms with Crippen LogP contribution in [0.15, 0.2) is 96.0 Å². The summed E-state index contributed by atoms with van der Waals surface area (Å²) in [7, 11) is -2.05. The van der Waals surface area contributed by atoms with Gasteiger partial charge in [0, 0.05) is 38.3 Å². The van der Waals surface area contributed by atoms with Gasteiger partial charge in [-0.05, 0) is 48.4 Å². The lowest BCUT2D eigenvalue weighted by Crippen LogP contribution is -2.40. The average Bonchev–Trinajstić information content (AvgIpc) is 3.40. The van der Waals surface area contributed by atoms with Gasteiger partial charge < -0.3 is 14.7 Å². The average molecular weight is 561 g/mol. The van der Waals surface area contributed by atoms with Gasteiger partial charge in [-0.15, -0.1) is 0 Å². The smallest absolute Gasteiger partial charge is 0.261 e. The Labute approximate surface area is 234 Å². The molecular weight excluding hydrogens is 528 g/mol. The Kier molecular flexibility index (Phi) is 8.29. The van der Waals surface area contributed by atoms with Gasteiger partial charge in [-0.1, -0.05) is 48.5 Å². The highest BCUT2D eigenvalue weighted by molar-refractivity contribution is 7.92. The Hall–Kier alpha value is -3.99. The summed E-state index contributed by atoms with van der Waals surface area (Å²) in [5, 5.41) is 10.6. The molecule has 0 aliphatic carbocycles. The van der Waals surface area contributed by atoms with E-state index in [4.69, 9.17) is 4.74 Å². The number of nitrogens with zero attached hydrogens (tertiary/aromatic N) is 3. The number of benzene rings is 3. The molecule has 2 N–H and O–H groups in total. The SMILES string of the molecule is CN(C(=O)COc1ccc(NS(=O)(=O)c2ccccc2)c2ncccc12)C(CN1CC[C@H](O)C1)c1ccccc1. The van der Waals surface area contributed by atoms with Gasteiger partial charge in [0.05, 0.1) is 28.2 Å². The molecule has 1 aromatic heterocycles. The maximum absolute atomic E-state index is 13.3. The zero-order valence-electron chi connectivity index (χ0n) is 22.2. The molecule has 9 nitrogen and oxygen atoms in total. The van der Waals surface area contributed by atoms with Gasteiger partial charge in [-0.2, -0.15) is 0 Å². The van der Waals surface area contributed by atoms with Gasteiger partial charge in [-0.3, -0.25) is 19.4 Å². The summed E-state index contributed by atoms with van der Waals surface area (Å²) in [5.41, 5.74) is 1.73. The zero-order chi connectivity index (χ0) is 28.1. The number of ether oxygens (including phenoxy) is 1. The monoisotopic (exact) mass is 560 g/mol. The van der Waals surface area contributed by atoms with Crippen LogP contribution in [0.1, 0.15) is 18.0 Å². The van der Waals surface area contributed by atoms with E-state index in [1.807, 2.05) is 30.3 Å². The maximum atomic E-state index is 13.3. The number of rotatable bonds is 10. The van der Waals surface area contributed by atoms with Gasteiger partial charge in [-0.25, -0.2) is 8.42 Å². The molecule has 0 saturated carbocycles. The topological polar surface area (TPSA) is 112 Å². The number of aromatic nitrogens is 1. The van der Waals surface area contributed by atoms with Crippen molar-refractivity contribution in [3.63, 3.8) is 0 Å². The number of likely N-dealkylation sites (tertiary alicyclic amines) is 1. The number of fused-ring (bicyclic) bond motifs is 1.